The van der Waals surface area contributed by atoms with Crippen molar-refractivity contribution in [2.45, 2.75) is 46.5 Å². The molecule has 142 valence electrons. The highest BCUT2D eigenvalue weighted by Gasteiger charge is 2.27. The highest BCUT2D eigenvalue weighted by Crippen LogP contribution is 2.40. The van der Waals surface area contributed by atoms with E-state index in [-0.39, 0.29) is 5.91 Å². The van der Waals surface area contributed by atoms with Gasteiger partial charge in [-0.3, -0.25) is 4.79 Å². The fourth-order valence-electron chi connectivity index (χ4n) is 3.62. The Morgan fingerprint density at radius 2 is 1.67 bits per heavy atom. The van der Waals surface area contributed by atoms with Crippen molar-refractivity contribution in [3.63, 3.8) is 0 Å². The summed E-state index contributed by atoms with van der Waals surface area (Å²) in [6, 6.07) is 8.19. The number of carbonyl (C=O) groups excluding carboxylic acids is 1. The van der Waals surface area contributed by atoms with E-state index in [1.807, 2.05) is 25.1 Å². The average Bonchev–Trinajstić information content (AvgIpc) is 2.93. The van der Waals surface area contributed by atoms with Crippen molar-refractivity contribution in [2.75, 3.05) is 12.4 Å². The van der Waals surface area contributed by atoms with Crippen molar-refractivity contribution in [2.24, 2.45) is 0 Å². The van der Waals surface area contributed by atoms with Crippen LogP contribution in [0.3, 0.4) is 0 Å². The van der Waals surface area contributed by atoms with E-state index in [0.717, 1.165) is 32.6 Å². The van der Waals surface area contributed by atoms with Crippen molar-refractivity contribution >= 4 is 39.2 Å². The molecule has 0 atom stereocenters. The predicted molar refractivity (Wildman–Crippen MR) is 117 cm³/mol. The zero-order valence-electron chi connectivity index (χ0n) is 16.7. The van der Waals surface area contributed by atoms with Crippen molar-refractivity contribution in [1.82, 2.24) is 0 Å². The summed E-state index contributed by atoms with van der Waals surface area (Å²) in [6.07, 6.45) is 2.00. The minimum atomic E-state index is -0.0563. The van der Waals surface area contributed by atoms with Crippen LogP contribution < -0.4 is 10.1 Å². The first-order valence-corrected chi connectivity index (χ1v) is 10.1. The Kier molecular flexibility index (Phi) is 5.48. The number of anilines is 1. The number of rotatable bonds is 4. The van der Waals surface area contributed by atoms with Gasteiger partial charge in [0.2, 0.25) is 0 Å². The molecule has 0 fully saturated rings. The Bertz CT molecular complexity index is 913. The Morgan fingerprint density at radius 1 is 1.07 bits per heavy atom. The quantitative estimate of drug-likeness (QED) is 0.564. The van der Waals surface area contributed by atoms with Crippen LogP contribution >= 0.6 is 15.9 Å². The van der Waals surface area contributed by atoms with Crippen LogP contribution in [0.4, 0.5) is 5.69 Å². The lowest BCUT2D eigenvalue weighted by molar-refractivity contribution is -0.110. The Hall–Kier alpha value is -2.07. The first-order valence-electron chi connectivity index (χ1n) is 9.28. The monoisotopic (exact) mass is 427 g/mol. The summed E-state index contributed by atoms with van der Waals surface area (Å²) in [6.45, 7) is 10.7. The zero-order valence-corrected chi connectivity index (χ0v) is 18.3. The summed E-state index contributed by atoms with van der Waals surface area (Å²) in [5, 5.41) is 2.98. The van der Waals surface area contributed by atoms with Crippen LogP contribution in [0.25, 0.3) is 11.6 Å². The number of carbonyl (C=O) groups is 1. The predicted octanol–water partition coefficient (Wildman–Crippen LogP) is 6.51. The first kappa shape index (κ1) is 19.7. The van der Waals surface area contributed by atoms with Crippen LogP contribution in [0.5, 0.6) is 5.75 Å². The largest absolute Gasteiger partial charge is 0.496 e. The second-order valence-corrected chi connectivity index (χ2v) is 8.50. The maximum absolute atomic E-state index is 12.6. The SMILES string of the molecule is COc1c(C(C)C)cc(C=C2C(=O)Nc3ccc(Br)c(C)c32)cc1C(C)C. The molecule has 0 bridgehead atoms. The van der Waals surface area contributed by atoms with Crippen LogP contribution in [0, 0.1) is 6.92 Å². The van der Waals surface area contributed by atoms with Gasteiger partial charge in [-0.1, -0.05) is 43.6 Å². The summed E-state index contributed by atoms with van der Waals surface area (Å²) >= 11 is 3.58. The third-order valence-electron chi connectivity index (χ3n) is 5.09. The summed E-state index contributed by atoms with van der Waals surface area (Å²) in [4.78, 5) is 12.6. The minimum absolute atomic E-state index is 0.0563. The van der Waals surface area contributed by atoms with Crippen LogP contribution in [-0.2, 0) is 4.79 Å². The molecule has 27 heavy (non-hydrogen) atoms. The first-order chi connectivity index (χ1) is 12.7. The van der Waals surface area contributed by atoms with Gasteiger partial charge in [0.25, 0.3) is 5.91 Å². The molecule has 3 rings (SSSR count). The summed E-state index contributed by atoms with van der Waals surface area (Å²) in [7, 11) is 1.73. The van der Waals surface area contributed by atoms with Crippen LogP contribution in [0.1, 0.15) is 67.3 Å². The minimum Gasteiger partial charge on any atom is -0.496 e. The topological polar surface area (TPSA) is 38.3 Å². The van der Waals surface area contributed by atoms with Crippen molar-refractivity contribution in [1.29, 1.82) is 0 Å². The maximum atomic E-state index is 12.6. The number of halogens is 1. The van der Waals surface area contributed by atoms with Gasteiger partial charge in [-0.2, -0.15) is 0 Å². The third kappa shape index (κ3) is 3.55. The fourth-order valence-corrected chi connectivity index (χ4v) is 3.95. The number of amides is 1. The van der Waals surface area contributed by atoms with E-state index >= 15 is 0 Å². The molecule has 0 unspecified atom stereocenters. The molecule has 1 amide bonds. The normalized spacial score (nSPS) is 14.9. The number of hydrogen-bond donors (Lipinski definition) is 1. The third-order valence-corrected chi connectivity index (χ3v) is 5.95. The Morgan fingerprint density at radius 3 is 2.19 bits per heavy atom. The number of nitrogens with one attached hydrogen (secondary N) is 1. The fraction of sp³-hybridized carbons (Fsp3) is 0.348. The van der Waals surface area contributed by atoms with Crippen LogP contribution in [0.15, 0.2) is 28.7 Å². The highest BCUT2D eigenvalue weighted by atomic mass is 79.9. The molecule has 2 aromatic carbocycles. The molecule has 1 aliphatic heterocycles. The van der Waals surface area contributed by atoms with E-state index in [4.69, 9.17) is 4.74 Å². The molecule has 0 aromatic heterocycles. The summed E-state index contributed by atoms with van der Waals surface area (Å²) in [5.74, 6) is 1.56. The Labute approximate surface area is 169 Å². The molecular weight excluding hydrogens is 402 g/mol. The number of benzene rings is 2. The van der Waals surface area contributed by atoms with Crippen molar-refractivity contribution < 1.29 is 9.53 Å². The molecular formula is C23H26BrNO2. The zero-order chi connectivity index (χ0) is 19.9. The van der Waals surface area contributed by atoms with Gasteiger partial charge in [0.05, 0.1) is 7.11 Å². The second kappa shape index (κ2) is 7.51. The van der Waals surface area contributed by atoms with E-state index in [1.54, 1.807) is 7.11 Å². The van der Waals surface area contributed by atoms with Crippen molar-refractivity contribution in [3.8, 4) is 5.75 Å². The van der Waals surface area contributed by atoms with Crippen LogP contribution in [0.2, 0.25) is 0 Å². The molecule has 2 aromatic rings. The maximum Gasteiger partial charge on any atom is 0.256 e. The van der Waals surface area contributed by atoms with Gasteiger partial charge in [0, 0.05) is 21.3 Å². The van der Waals surface area contributed by atoms with Crippen molar-refractivity contribution in [3.05, 3.63) is 56.6 Å². The average molecular weight is 428 g/mol. The number of fused-ring (bicyclic) bond motifs is 1. The smallest absolute Gasteiger partial charge is 0.256 e. The molecule has 0 radical (unpaired) electrons. The molecule has 0 saturated carbocycles. The van der Waals surface area contributed by atoms with Gasteiger partial charge in [0.1, 0.15) is 5.75 Å². The molecule has 4 heteroatoms. The summed E-state index contributed by atoms with van der Waals surface area (Å²) in [5.41, 5.74) is 6.98. The molecule has 3 nitrogen and oxygen atoms in total. The number of hydrogen-bond acceptors (Lipinski definition) is 2. The van der Waals surface area contributed by atoms with Gasteiger partial charge in [-0.25, -0.2) is 0 Å². The van der Waals surface area contributed by atoms with Gasteiger partial charge >= 0.3 is 0 Å². The van der Waals surface area contributed by atoms with Gasteiger partial charge in [0.15, 0.2) is 0 Å². The van der Waals surface area contributed by atoms with E-state index in [9.17, 15) is 4.79 Å². The van der Waals surface area contributed by atoms with E-state index in [2.05, 4.69) is 61.1 Å². The standard InChI is InChI=1S/C23H26BrNO2/c1-12(2)16-9-15(10-17(13(3)4)22(16)27-6)11-18-21-14(5)19(24)7-8-20(21)25-23(18)26/h7-13H,1-6H3,(H,25,26). The molecule has 1 aliphatic rings. The van der Waals surface area contributed by atoms with E-state index in [1.165, 1.54) is 11.1 Å². The van der Waals surface area contributed by atoms with Gasteiger partial charge in [-0.15, -0.1) is 0 Å². The number of methoxy groups -OCH3 is 1. The molecule has 1 N–H and O–H groups in total. The molecule has 0 aliphatic carbocycles. The second-order valence-electron chi connectivity index (χ2n) is 7.65. The van der Waals surface area contributed by atoms with Crippen LogP contribution in [-0.4, -0.2) is 13.0 Å². The van der Waals surface area contributed by atoms with E-state index in [0.29, 0.717) is 17.4 Å². The van der Waals surface area contributed by atoms with Gasteiger partial charge < -0.3 is 10.1 Å². The Balaban J connectivity index is 2.22. The molecule has 1 heterocycles. The lowest BCUT2D eigenvalue weighted by Crippen LogP contribution is -2.04. The molecule has 0 saturated heterocycles. The lowest BCUT2D eigenvalue weighted by Gasteiger charge is -2.19. The van der Waals surface area contributed by atoms with Gasteiger partial charge in [-0.05, 0) is 71.4 Å². The highest BCUT2D eigenvalue weighted by molar-refractivity contribution is 9.10. The molecule has 0 spiro atoms. The van der Waals surface area contributed by atoms with E-state index < -0.39 is 0 Å². The number of ether oxygens (including phenoxy) is 1. The summed E-state index contributed by atoms with van der Waals surface area (Å²) < 4.78 is 6.73. The lowest BCUT2D eigenvalue weighted by atomic mass is 9.90.